The minimum Gasteiger partial charge on any atom is -0.377 e. The molecule has 3 nitrogen and oxygen atoms in total. The van der Waals surface area contributed by atoms with Gasteiger partial charge in [0.1, 0.15) is 5.82 Å². The standard InChI is InChI=1S/C14H18FN3/c1-3-7-18-8-6-12(17-18)10-16-14-5-4-11(2)9-13(14)15/h4-6,8-9,16H,3,7,10H2,1-2H3. The number of hydrogen-bond donors (Lipinski definition) is 1. The van der Waals surface area contributed by atoms with Gasteiger partial charge in [-0.2, -0.15) is 5.10 Å². The van der Waals surface area contributed by atoms with E-state index in [0.29, 0.717) is 12.2 Å². The van der Waals surface area contributed by atoms with Crippen LogP contribution in [0.2, 0.25) is 0 Å². The number of hydrogen-bond acceptors (Lipinski definition) is 2. The molecular weight excluding hydrogens is 229 g/mol. The van der Waals surface area contributed by atoms with E-state index in [0.717, 1.165) is 24.2 Å². The zero-order valence-electron chi connectivity index (χ0n) is 10.8. The Labute approximate surface area is 107 Å². The number of halogens is 1. The average molecular weight is 247 g/mol. The summed E-state index contributed by atoms with van der Waals surface area (Å²) in [5.74, 6) is -0.219. The van der Waals surface area contributed by atoms with Gasteiger partial charge in [-0.3, -0.25) is 4.68 Å². The van der Waals surface area contributed by atoms with Crippen LogP contribution in [0.5, 0.6) is 0 Å². The number of anilines is 1. The monoisotopic (exact) mass is 247 g/mol. The van der Waals surface area contributed by atoms with E-state index >= 15 is 0 Å². The highest BCUT2D eigenvalue weighted by molar-refractivity contribution is 5.46. The molecule has 0 amide bonds. The maximum absolute atomic E-state index is 13.6. The van der Waals surface area contributed by atoms with Gasteiger partial charge < -0.3 is 5.32 Å². The van der Waals surface area contributed by atoms with Gasteiger partial charge in [0.2, 0.25) is 0 Å². The van der Waals surface area contributed by atoms with Crippen molar-refractivity contribution in [3.63, 3.8) is 0 Å². The smallest absolute Gasteiger partial charge is 0.146 e. The number of aromatic nitrogens is 2. The molecule has 96 valence electrons. The SMILES string of the molecule is CCCn1ccc(CNc2ccc(C)cc2F)n1. The fourth-order valence-electron chi connectivity index (χ4n) is 1.80. The molecule has 0 aliphatic carbocycles. The summed E-state index contributed by atoms with van der Waals surface area (Å²) in [4.78, 5) is 0. The van der Waals surface area contributed by atoms with Crippen molar-refractivity contribution in [1.82, 2.24) is 9.78 Å². The van der Waals surface area contributed by atoms with Crippen LogP contribution < -0.4 is 5.32 Å². The van der Waals surface area contributed by atoms with Gasteiger partial charge in [0.25, 0.3) is 0 Å². The maximum Gasteiger partial charge on any atom is 0.146 e. The summed E-state index contributed by atoms with van der Waals surface area (Å²) in [7, 11) is 0. The lowest BCUT2D eigenvalue weighted by molar-refractivity contribution is 0.595. The van der Waals surface area contributed by atoms with E-state index in [9.17, 15) is 4.39 Å². The van der Waals surface area contributed by atoms with Crippen molar-refractivity contribution in [2.45, 2.75) is 33.4 Å². The predicted molar refractivity (Wildman–Crippen MR) is 71.0 cm³/mol. The van der Waals surface area contributed by atoms with Crippen molar-refractivity contribution in [3.05, 3.63) is 47.5 Å². The third-order valence-corrected chi connectivity index (χ3v) is 2.73. The second-order valence-corrected chi connectivity index (χ2v) is 4.41. The Balaban J connectivity index is 1.97. The van der Waals surface area contributed by atoms with E-state index in [1.54, 1.807) is 6.07 Å². The quantitative estimate of drug-likeness (QED) is 0.878. The number of rotatable bonds is 5. The van der Waals surface area contributed by atoms with Gasteiger partial charge in [-0.05, 0) is 37.1 Å². The molecule has 1 N–H and O–H groups in total. The number of nitrogens with one attached hydrogen (secondary N) is 1. The van der Waals surface area contributed by atoms with E-state index in [1.165, 1.54) is 6.07 Å². The highest BCUT2D eigenvalue weighted by atomic mass is 19.1. The van der Waals surface area contributed by atoms with E-state index < -0.39 is 0 Å². The lowest BCUT2D eigenvalue weighted by atomic mass is 10.2. The molecule has 2 rings (SSSR count). The van der Waals surface area contributed by atoms with Crippen LogP contribution >= 0.6 is 0 Å². The highest BCUT2D eigenvalue weighted by Gasteiger charge is 2.03. The first-order chi connectivity index (χ1) is 8.69. The molecule has 0 aliphatic heterocycles. The fourth-order valence-corrected chi connectivity index (χ4v) is 1.80. The Kier molecular flexibility index (Phi) is 3.97. The van der Waals surface area contributed by atoms with Crippen LogP contribution in [-0.2, 0) is 13.1 Å². The molecule has 1 heterocycles. The highest BCUT2D eigenvalue weighted by Crippen LogP contribution is 2.15. The molecule has 0 bridgehead atoms. The van der Waals surface area contributed by atoms with Gasteiger partial charge in [0.05, 0.1) is 17.9 Å². The van der Waals surface area contributed by atoms with E-state index in [4.69, 9.17) is 0 Å². The molecular formula is C14H18FN3. The molecule has 4 heteroatoms. The van der Waals surface area contributed by atoms with Crippen molar-refractivity contribution in [2.75, 3.05) is 5.32 Å². The van der Waals surface area contributed by atoms with Crippen LogP contribution in [0.25, 0.3) is 0 Å². The normalized spacial score (nSPS) is 10.6. The number of nitrogens with zero attached hydrogens (tertiary/aromatic N) is 2. The number of aryl methyl sites for hydroxylation is 2. The lowest BCUT2D eigenvalue weighted by Crippen LogP contribution is -2.04. The Bertz CT molecular complexity index is 520. The molecule has 0 atom stereocenters. The molecule has 0 spiro atoms. The van der Waals surface area contributed by atoms with Gasteiger partial charge in [0.15, 0.2) is 0 Å². The fraction of sp³-hybridized carbons (Fsp3) is 0.357. The molecule has 0 unspecified atom stereocenters. The lowest BCUT2D eigenvalue weighted by Gasteiger charge is -2.06. The van der Waals surface area contributed by atoms with Crippen molar-refractivity contribution < 1.29 is 4.39 Å². The molecule has 0 saturated heterocycles. The minimum absolute atomic E-state index is 0.219. The van der Waals surface area contributed by atoms with Crippen LogP contribution in [0.15, 0.2) is 30.5 Å². The summed E-state index contributed by atoms with van der Waals surface area (Å²) in [6.07, 6.45) is 3.01. The summed E-state index contributed by atoms with van der Waals surface area (Å²) in [5.41, 5.74) is 2.36. The van der Waals surface area contributed by atoms with Crippen LogP contribution in [0.4, 0.5) is 10.1 Å². The predicted octanol–water partition coefficient (Wildman–Crippen LogP) is 3.35. The van der Waals surface area contributed by atoms with Crippen LogP contribution in [0, 0.1) is 12.7 Å². The van der Waals surface area contributed by atoms with Gasteiger partial charge in [-0.25, -0.2) is 4.39 Å². The first-order valence-electron chi connectivity index (χ1n) is 6.21. The second kappa shape index (κ2) is 5.67. The molecule has 1 aromatic carbocycles. The maximum atomic E-state index is 13.6. The summed E-state index contributed by atoms with van der Waals surface area (Å²) in [5, 5.41) is 7.46. The Morgan fingerprint density at radius 3 is 2.89 bits per heavy atom. The molecule has 0 radical (unpaired) electrons. The van der Waals surface area contributed by atoms with Gasteiger partial charge in [-0.1, -0.05) is 13.0 Å². The average Bonchev–Trinajstić information content (AvgIpc) is 2.76. The summed E-state index contributed by atoms with van der Waals surface area (Å²) < 4.78 is 15.5. The van der Waals surface area contributed by atoms with Crippen LogP contribution in [0.1, 0.15) is 24.6 Å². The van der Waals surface area contributed by atoms with E-state index in [1.807, 2.05) is 29.9 Å². The molecule has 0 aliphatic rings. The summed E-state index contributed by atoms with van der Waals surface area (Å²) in [6.45, 7) is 5.44. The Morgan fingerprint density at radius 2 is 2.17 bits per heavy atom. The van der Waals surface area contributed by atoms with Crippen molar-refractivity contribution in [1.29, 1.82) is 0 Å². The van der Waals surface area contributed by atoms with E-state index in [-0.39, 0.29) is 5.82 Å². The van der Waals surface area contributed by atoms with Crippen molar-refractivity contribution >= 4 is 5.69 Å². The van der Waals surface area contributed by atoms with Crippen LogP contribution in [-0.4, -0.2) is 9.78 Å². The van der Waals surface area contributed by atoms with Crippen molar-refractivity contribution in [3.8, 4) is 0 Å². The van der Waals surface area contributed by atoms with E-state index in [2.05, 4.69) is 17.3 Å². The molecule has 0 fully saturated rings. The van der Waals surface area contributed by atoms with Crippen molar-refractivity contribution in [2.24, 2.45) is 0 Å². The minimum atomic E-state index is -0.219. The number of benzene rings is 1. The largest absolute Gasteiger partial charge is 0.377 e. The molecule has 18 heavy (non-hydrogen) atoms. The topological polar surface area (TPSA) is 29.9 Å². The third kappa shape index (κ3) is 3.09. The Hall–Kier alpha value is -1.84. The zero-order valence-corrected chi connectivity index (χ0v) is 10.8. The third-order valence-electron chi connectivity index (χ3n) is 2.73. The van der Waals surface area contributed by atoms with Gasteiger partial charge >= 0.3 is 0 Å². The molecule has 0 saturated carbocycles. The summed E-state index contributed by atoms with van der Waals surface area (Å²) >= 11 is 0. The first-order valence-corrected chi connectivity index (χ1v) is 6.21. The van der Waals surface area contributed by atoms with Gasteiger partial charge in [0, 0.05) is 12.7 Å². The van der Waals surface area contributed by atoms with Gasteiger partial charge in [-0.15, -0.1) is 0 Å². The Morgan fingerprint density at radius 1 is 1.33 bits per heavy atom. The second-order valence-electron chi connectivity index (χ2n) is 4.41. The molecule has 1 aromatic heterocycles. The summed E-state index contributed by atoms with van der Waals surface area (Å²) in [6, 6.07) is 7.13. The zero-order chi connectivity index (χ0) is 13.0. The molecule has 2 aromatic rings. The first kappa shape index (κ1) is 12.6. The van der Waals surface area contributed by atoms with Crippen LogP contribution in [0.3, 0.4) is 0 Å².